The minimum atomic E-state index is -0.261. The molecular weight excluding hydrogens is 400 g/mol. The number of fused-ring (bicyclic) bond motifs is 1. The predicted molar refractivity (Wildman–Crippen MR) is 117 cm³/mol. The highest BCUT2D eigenvalue weighted by atomic mass is 32.2. The SMILES string of the molecule is Cc1cc(C)cc(-n2c(SCC(=O)Nc3cc(C)on3)nc3ccccc3c2=O)c1. The zero-order chi connectivity index (χ0) is 21.3. The lowest BCUT2D eigenvalue weighted by Crippen LogP contribution is -2.23. The van der Waals surface area contributed by atoms with Gasteiger partial charge in [0.1, 0.15) is 5.76 Å². The van der Waals surface area contributed by atoms with E-state index in [0.29, 0.717) is 27.6 Å². The molecule has 2 heterocycles. The van der Waals surface area contributed by atoms with Gasteiger partial charge in [-0.05, 0) is 56.2 Å². The molecule has 0 aliphatic rings. The fraction of sp³-hybridized carbons (Fsp3) is 0.182. The fourth-order valence-electron chi connectivity index (χ4n) is 3.25. The Kier molecular flexibility index (Phi) is 5.41. The number of nitrogens with one attached hydrogen (secondary N) is 1. The molecule has 30 heavy (non-hydrogen) atoms. The van der Waals surface area contributed by atoms with E-state index in [4.69, 9.17) is 4.52 Å². The standard InChI is InChI=1S/C22H20N4O3S/c1-13-8-14(2)10-16(9-13)26-21(28)17-6-4-5-7-18(17)23-22(26)30-12-20(27)24-19-11-15(3)29-25-19/h4-11H,12H2,1-3H3,(H,24,25,27). The van der Waals surface area contributed by atoms with Gasteiger partial charge in [-0.25, -0.2) is 4.98 Å². The topological polar surface area (TPSA) is 90.0 Å². The van der Waals surface area contributed by atoms with Crippen LogP contribution >= 0.6 is 11.8 Å². The first kappa shape index (κ1) is 19.9. The van der Waals surface area contributed by atoms with Gasteiger partial charge in [0.2, 0.25) is 5.91 Å². The first-order valence-corrected chi connectivity index (χ1v) is 10.4. The fourth-order valence-corrected chi connectivity index (χ4v) is 4.06. The summed E-state index contributed by atoms with van der Waals surface area (Å²) in [5.74, 6) is 0.776. The van der Waals surface area contributed by atoms with Gasteiger partial charge in [-0.2, -0.15) is 0 Å². The van der Waals surface area contributed by atoms with Gasteiger partial charge >= 0.3 is 0 Å². The third kappa shape index (κ3) is 4.13. The maximum Gasteiger partial charge on any atom is 0.266 e. The molecule has 0 radical (unpaired) electrons. The molecule has 152 valence electrons. The number of nitrogens with zero attached hydrogens (tertiary/aromatic N) is 3. The summed E-state index contributed by atoms with van der Waals surface area (Å²) in [7, 11) is 0. The van der Waals surface area contributed by atoms with E-state index in [0.717, 1.165) is 16.8 Å². The summed E-state index contributed by atoms with van der Waals surface area (Å²) in [6.07, 6.45) is 0. The minimum Gasteiger partial charge on any atom is -0.360 e. The maximum absolute atomic E-state index is 13.3. The van der Waals surface area contributed by atoms with Crippen molar-refractivity contribution in [1.29, 1.82) is 0 Å². The Morgan fingerprint density at radius 1 is 1.10 bits per heavy atom. The second-order valence-electron chi connectivity index (χ2n) is 7.06. The molecular formula is C22H20N4O3S. The summed E-state index contributed by atoms with van der Waals surface area (Å²) in [6.45, 7) is 5.71. The first-order chi connectivity index (χ1) is 14.4. The number of hydrogen-bond acceptors (Lipinski definition) is 6. The van der Waals surface area contributed by atoms with Crippen molar-refractivity contribution in [3.05, 3.63) is 75.8 Å². The number of para-hydroxylation sites is 1. The number of rotatable bonds is 5. The lowest BCUT2D eigenvalue weighted by molar-refractivity contribution is -0.113. The Hall–Kier alpha value is -3.39. The Balaban J connectivity index is 1.72. The van der Waals surface area contributed by atoms with Crippen LogP contribution in [0.1, 0.15) is 16.9 Å². The minimum absolute atomic E-state index is 0.0709. The van der Waals surface area contributed by atoms with Gasteiger partial charge in [0.05, 0.1) is 22.3 Å². The van der Waals surface area contributed by atoms with Gasteiger partial charge in [-0.1, -0.05) is 35.1 Å². The molecule has 0 spiro atoms. The zero-order valence-corrected chi connectivity index (χ0v) is 17.6. The van der Waals surface area contributed by atoms with Crippen molar-refractivity contribution in [3.63, 3.8) is 0 Å². The van der Waals surface area contributed by atoms with E-state index in [2.05, 4.69) is 15.5 Å². The van der Waals surface area contributed by atoms with Crippen LogP contribution in [0.5, 0.6) is 0 Å². The molecule has 1 amide bonds. The third-order valence-corrected chi connectivity index (χ3v) is 5.38. The molecule has 0 atom stereocenters. The molecule has 0 fully saturated rings. The highest BCUT2D eigenvalue weighted by Gasteiger charge is 2.16. The van der Waals surface area contributed by atoms with Crippen LogP contribution in [-0.2, 0) is 4.79 Å². The average Bonchev–Trinajstić information content (AvgIpc) is 3.10. The van der Waals surface area contributed by atoms with Crippen LogP contribution in [0.15, 0.2) is 63.0 Å². The first-order valence-electron chi connectivity index (χ1n) is 9.37. The number of hydrogen-bond donors (Lipinski definition) is 1. The molecule has 0 aliphatic heterocycles. The molecule has 0 bridgehead atoms. The van der Waals surface area contributed by atoms with Gasteiger partial charge in [-0.15, -0.1) is 0 Å². The third-order valence-electron chi connectivity index (χ3n) is 4.44. The number of carbonyl (C=O) groups is 1. The summed E-state index contributed by atoms with van der Waals surface area (Å²) in [6, 6.07) is 14.8. The van der Waals surface area contributed by atoms with E-state index in [-0.39, 0.29) is 17.2 Å². The summed E-state index contributed by atoms with van der Waals surface area (Å²) >= 11 is 1.20. The van der Waals surface area contributed by atoms with Crippen LogP contribution in [-0.4, -0.2) is 26.4 Å². The van der Waals surface area contributed by atoms with E-state index < -0.39 is 0 Å². The highest BCUT2D eigenvalue weighted by molar-refractivity contribution is 7.99. The summed E-state index contributed by atoms with van der Waals surface area (Å²) < 4.78 is 6.53. The van der Waals surface area contributed by atoms with E-state index in [9.17, 15) is 9.59 Å². The van der Waals surface area contributed by atoms with Crippen molar-refractivity contribution in [1.82, 2.24) is 14.7 Å². The largest absolute Gasteiger partial charge is 0.360 e. The van der Waals surface area contributed by atoms with Crippen molar-refractivity contribution >= 4 is 34.4 Å². The van der Waals surface area contributed by atoms with Crippen LogP contribution in [0.4, 0.5) is 5.82 Å². The Labute approximate surface area is 177 Å². The second kappa shape index (κ2) is 8.16. The Bertz CT molecular complexity index is 1290. The van der Waals surface area contributed by atoms with Crippen LogP contribution in [0.2, 0.25) is 0 Å². The highest BCUT2D eigenvalue weighted by Crippen LogP contribution is 2.23. The monoisotopic (exact) mass is 420 g/mol. The maximum atomic E-state index is 13.3. The van der Waals surface area contributed by atoms with Crippen molar-refractivity contribution in [2.24, 2.45) is 0 Å². The molecule has 8 heteroatoms. The molecule has 0 aliphatic carbocycles. The van der Waals surface area contributed by atoms with Gasteiger partial charge in [0.25, 0.3) is 5.56 Å². The number of carbonyl (C=O) groups excluding carboxylic acids is 1. The van der Waals surface area contributed by atoms with E-state index in [1.807, 2.05) is 44.2 Å². The Morgan fingerprint density at radius 2 is 1.83 bits per heavy atom. The molecule has 0 saturated carbocycles. The zero-order valence-electron chi connectivity index (χ0n) is 16.8. The lowest BCUT2D eigenvalue weighted by Gasteiger charge is -2.14. The molecule has 0 saturated heterocycles. The number of thioether (sulfide) groups is 1. The van der Waals surface area contributed by atoms with Gasteiger partial charge in [-0.3, -0.25) is 14.2 Å². The molecule has 2 aromatic carbocycles. The van der Waals surface area contributed by atoms with Crippen LogP contribution in [0.25, 0.3) is 16.6 Å². The lowest BCUT2D eigenvalue weighted by atomic mass is 10.1. The predicted octanol–water partition coefficient (Wildman–Crippen LogP) is 4.03. The quantitative estimate of drug-likeness (QED) is 0.387. The number of benzene rings is 2. The number of amides is 1. The van der Waals surface area contributed by atoms with E-state index in [1.54, 1.807) is 29.7 Å². The van der Waals surface area contributed by atoms with Gasteiger partial charge in [0, 0.05) is 6.07 Å². The number of aryl methyl sites for hydroxylation is 3. The van der Waals surface area contributed by atoms with Crippen molar-refractivity contribution in [2.45, 2.75) is 25.9 Å². The van der Waals surface area contributed by atoms with E-state index in [1.165, 1.54) is 11.8 Å². The summed E-state index contributed by atoms with van der Waals surface area (Å²) in [5, 5.41) is 7.43. The summed E-state index contributed by atoms with van der Waals surface area (Å²) in [5.41, 5.74) is 3.24. The molecule has 4 rings (SSSR count). The average molecular weight is 420 g/mol. The Morgan fingerprint density at radius 3 is 2.53 bits per heavy atom. The van der Waals surface area contributed by atoms with Crippen molar-refractivity contribution in [3.8, 4) is 5.69 Å². The van der Waals surface area contributed by atoms with E-state index >= 15 is 0 Å². The van der Waals surface area contributed by atoms with Crippen molar-refractivity contribution in [2.75, 3.05) is 11.1 Å². The second-order valence-corrected chi connectivity index (χ2v) is 8.00. The van der Waals surface area contributed by atoms with Gasteiger partial charge < -0.3 is 9.84 Å². The molecule has 1 N–H and O–H groups in total. The summed E-state index contributed by atoms with van der Waals surface area (Å²) in [4.78, 5) is 30.3. The number of anilines is 1. The molecule has 0 unspecified atom stereocenters. The molecule has 4 aromatic rings. The van der Waals surface area contributed by atoms with Crippen LogP contribution in [0, 0.1) is 20.8 Å². The smallest absolute Gasteiger partial charge is 0.266 e. The molecule has 2 aromatic heterocycles. The van der Waals surface area contributed by atoms with Crippen LogP contribution < -0.4 is 10.9 Å². The van der Waals surface area contributed by atoms with Crippen LogP contribution in [0.3, 0.4) is 0 Å². The van der Waals surface area contributed by atoms with Crippen molar-refractivity contribution < 1.29 is 9.32 Å². The normalized spacial score (nSPS) is 11.0. The van der Waals surface area contributed by atoms with Gasteiger partial charge in [0.15, 0.2) is 11.0 Å². The molecule has 7 nitrogen and oxygen atoms in total. The number of aromatic nitrogens is 3.